The summed E-state index contributed by atoms with van der Waals surface area (Å²) in [5.74, 6) is 0.723. The highest BCUT2D eigenvalue weighted by Gasteiger charge is 2.54. The number of hydrogen-bond donors (Lipinski definition) is 0. The van der Waals surface area contributed by atoms with E-state index in [4.69, 9.17) is 4.74 Å². The summed E-state index contributed by atoms with van der Waals surface area (Å²) in [5.41, 5.74) is 3.01. The normalized spacial score (nSPS) is 35.6. The average molecular weight is 271 g/mol. The Kier molecular flexibility index (Phi) is 2.69. The lowest BCUT2D eigenvalue weighted by Crippen LogP contribution is -2.53. The maximum atomic E-state index is 6.09. The molecule has 0 amide bonds. The first-order valence-electron chi connectivity index (χ1n) is 8.11. The van der Waals surface area contributed by atoms with Gasteiger partial charge in [0, 0.05) is 28.7 Å². The lowest BCUT2D eigenvalue weighted by atomic mass is 9.80. The molecule has 1 aliphatic carbocycles. The smallest absolute Gasteiger partial charge is 0.112 e. The number of nitrogens with zero attached hydrogens (tertiary/aromatic N) is 1. The third kappa shape index (κ3) is 1.81. The zero-order valence-corrected chi connectivity index (χ0v) is 12.8. The van der Waals surface area contributed by atoms with Gasteiger partial charge in [-0.1, -0.05) is 31.0 Å². The molecule has 108 valence electrons. The molecule has 4 rings (SSSR count). The molecule has 1 aromatic carbocycles. The molecule has 1 saturated carbocycles. The topological polar surface area (TPSA) is 15.8 Å². The number of benzene rings is 1. The quantitative estimate of drug-likeness (QED) is 0.654. The number of hydrogen-bond acceptors (Lipinski definition) is 2. The zero-order chi connectivity index (χ0) is 13.9. The van der Waals surface area contributed by atoms with Gasteiger partial charge >= 0.3 is 0 Å². The molecule has 20 heavy (non-hydrogen) atoms. The summed E-state index contributed by atoms with van der Waals surface area (Å²) in [6.45, 7) is 7.06. The minimum absolute atomic E-state index is 0.174. The van der Waals surface area contributed by atoms with E-state index >= 15 is 0 Å². The van der Waals surface area contributed by atoms with Crippen LogP contribution in [0, 0.1) is 5.92 Å². The van der Waals surface area contributed by atoms with Gasteiger partial charge in [0.15, 0.2) is 0 Å². The van der Waals surface area contributed by atoms with Gasteiger partial charge in [-0.25, -0.2) is 0 Å². The molecule has 2 nitrogen and oxygen atoms in total. The highest BCUT2D eigenvalue weighted by molar-refractivity contribution is 5.60. The molecule has 0 bridgehead atoms. The van der Waals surface area contributed by atoms with Gasteiger partial charge in [-0.3, -0.25) is 0 Å². The molecule has 2 heterocycles. The van der Waals surface area contributed by atoms with Crippen LogP contribution in [0.5, 0.6) is 0 Å². The van der Waals surface area contributed by atoms with E-state index in [0.717, 1.165) is 5.92 Å². The fraction of sp³-hybridized carbons (Fsp3) is 0.667. The van der Waals surface area contributed by atoms with Crippen molar-refractivity contribution < 1.29 is 4.74 Å². The van der Waals surface area contributed by atoms with Crippen LogP contribution in [0.2, 0.25) is 0 Å². The van der Waals surface area contributed by atoms with Crippen LogP contribution in [0.15, 0.2) is 24.3 Å². The van der Waals surface area contributed by atoms with Crippen LogP contribution in [0.25, 0.3) is 0 Å². The van der Waals surface area contributed by atoms with Crippen LogP contribution in [0.3, 0.4) is 0 Å². The number of para-hydroxylation sites is 1. The van der Waals surface area contributed by atoms with E-state index in [1.807, 2.05) is 0 Å². The molecule has 2 aliphatic heterocycles. The molecule has 0 spiro atoms. The first kappa shape index (κ1) is 12.7. The molecule has 1 aromatic rings. The summed E-state index contributed by atoms with van der Waals surface area (Å²) < 4.78 is 6.09. The van der Waals surface area contributed by atoms with Crippen LogP contribution in [-0.2, 0) is 4.74 Å². The highest BCUT2D eigenvalue weighted by atomic mass is 16.6. The van der Waals surface area contributed by atoms with E-state index in [2.05, 4.69) is 49.9 Å². The highest BCUT2D eigenvalue weighted by Crippen LogP contribution is 2.55. The molecule has 4 atom stereocenters. The van der Waals surface area contributed by atoms with E-state index in [0.29, 0.717) is 18.2 Å². The molecule has 3 aliphatic rings. The van der Waals surface area contributed by atoms with Crippen molar-refractivity contribution >= 4 is 5.69 Å². The largest absolute Gasteiger partial charge is 0.364 e. The second-order valence-corrected chi connectivity index (χ2v) is 7.64. The van der Waals surface area contributed by atoms with Crippen molar-refractivity contribution in [2.75, 3.05) is 4.90 Å². The van der Waals surface area contributed by atoms with E-state index in [1.54, 1.807) is 0 Å². The van der Waals surface area contributed by atoms with Crippen molar-refractivity contribution in [2.24, 2.45) is 5.92 Å². The van der Waals surface area contributed by atoms with Crippen molar-refractivity contribution in [3.63, 3.8) is 0 Å². The molecule has 2 fully saturated rings. The number of anilines is 1. The summed E-state index contributed by atoms with van der Waals surface area (Å²) in [6.07, 6.45) is 6.25. The van der Waals surface area contributed by atoms with Crippen LogP contribution in [0.4, 0.5) is 5.69 Å². The van der Waals surface area contributed by atoms with E-state index < -0.39 is 0 Å². The van der Waals surface area contributed by atoms with Gasteiger partial charge in [0.05, 0.1) is 6.10 Å². The van der Waals surface area contributed by atoms with Gasteiger partial charge in [0.2, 0.25) is 0 Å². The number of fused-ring (bicyclic) bond motifs is 5. The molecular weight excluding hydrogens is 246 g/mol. The van der Waals surface area contributed by atoms with E-state index in [9.17, 15) is 0 Å². The lowest BCUT2D eigenvalue weighted by Gasteiger charge is -2.48. The Morgan fingerprint density at radius 1 is 1.10 bits per heavy atom. The van der Waals surface area contributed by atoms with Crippen molar-refractivity contribution in [2.45, 2.75) is 70.2 Å². The molecule has 0 radical (unpaired) electrons. The fourth-order valence-electron chi connectivity index (χ4n) is 4.53. The molecule has 0 N–H and O–H groups in total. The van der Waals surface area contributed by atoms with Gasteiger partial charge < -0.3 is 9.64 Å². The minimum atomic E-state index is 0.174. The number of epoxide rings is 1. The van der Waals surface area contributed by atoms with Crippen molar-refractivity contribution in [3.8, 4) is 0 Å². The van der Waals surface area contributed by atoms with Crippen molar-refractivity contribution in [3.05, 3.63) is 29.8 Å². The summed E-state index contributed by atoms with van der Waals surface area (Å²) >= 11 is 0. The Hall–Kier alpha value is -1.02. The van der Waals surface area contributed by atoms with E-state index in [1.165, 1.54) is 36.9 Å². The predicted molar refractivity (Wildman–Crippen MR) is 82.0 cm³/mol. The Labute approximate surface area is 122 Å². The Morgan fingerprint density at radius 3 is 2.65 bits per heavy atom. The Bertz CT molecular complexity index is 518. The number of rotatable bonds is 0. The van der Waals surface area contributed by atoms with Crippen LogP contribution < -0.4 is 4.90 Å². The van der Waals surface area contributed by atoms with Crippen LogP contribution in [-0.4, -0.2) is 17.7 Å². The number of ether oxygens (including phenoxy) is 1. The zero-order valence-electron chi connectivity index (χ0n) is 12.8. The third-order valence-corrected chi connectivity index (χ3v) is 5.29. The summed E-state index contributed by atoms with van der Waals surface area (Å²) in [7, 11) is 0. The Balaban J connectivity index is 1.86. The summed E-state index contributed by atoms with van der Waals surface area (Å²) in [5, 5.41) is 0. The fourth-order valence-corrected chi connectivity index (χ4v) is 4.53. The standard InChI is InChI=1S/C18H25NO/c1-18(2,3)19-14-10-6-4-8-12(14)16-17(20-16)13-9-5-7-11-15(13)19/h4,6,8,10,13,15-17H,5,7,9,11H2,1-3H3. The van der Waals surface area contributed by atoms with Crippen molar-refractivity contribution in [1.29, 1.82) is 0 Å². The SMILES string of the molecule is CC(C)(C)N1c2ccccc2C2OC2C2CCCCC21. The Morgan fingerprint density at radius 2 is 1.85 bits per heavy atom. The molecule has 0 aromatic heterocycles. The van der Waals surface area contributed by atoms with Gasteiger partial charge in [0.25, 0.3) is 0 Å². The van der Waals surface area contributed by atoms with Gasteiger partial charge in [-0.15, -0.1) is 0 Å². The van der Waals surface area contributed by atoms with Crippen LogP contribution in [0.1, 0.15) is 58.1 Å². The van der Waals surface area contributed by atoms with E-state index in [-0.39, 0.29) is 5.54 Å². The second-order valence-electron chi connectivity index (χ2n) is 7.64. The predicted octanol–water partition coefficient (Wildman–Crippen LogP) is 4.30. The molecule has 4 unspecified atom stereocenters. The molecule has 1 saturated heterocycles. The van der Waals surface area contributed by atoms with Crippen LogP contribution >= 0.6 is 0 Å². The maximum absolute atomic E-state index is 6.09. The van der Waals surface area contributed by atoms with Gasteiger partial charge in [0.1, 0.15) is 6.10 Å². The van der Waals surface area contributed by atoms with Gasteiger partial charge in [-0.05, 0) is 39.7 Å². The molecule has 2 heteroatoms. The summed E-state index contributed by atoms with van der Waals surface area (Å²) in [4.78, 5) is 2.71. The third-order valence-electron chi connectivity index (χ3n) is 5.29. The molecular formula is C18H25NO. The van der Waals surface area contributed by atoms with Gasteiger partial charge in [-0.2, -0.15) is 0 Å². The summed E-state index contributed by atoms with van der Waals surface area (Å²) in [6, 6.07) is 9.57. The maximum Gasteiger partial charge on any atom is 0.112 e. The van der Waals surface area contributed by atoms with Crippen molar-refractivity contribution in [1.82, 2.24) is 0 Å². The second kappa shape index (κ2) is 4.24. The lowest BCUT2D eigenvalue weighted by molar-refractivity contribution is 0.207. The first-order chi connectivity index (χ1) is 9.57. The minimum Gasteiger partial charge on any atom is -0.364 e. The monoisotopic (exact) mass is 271 g/mol. The first-order valence-corrected chi connectivity index (χ1v) is 8.11. The average Bonchev–Trinajstić information content (AvgIpc) is 3.18.